The van der Waals surface area contributed by atoms with Gasteiger partial charge in [-0.25, -0.2) is 0 Å². The second kappa shape index (κ2) is 5.57. The van der Waals surface area contributed by atoms with Gasteiger partial charge in [0.25, 0.3) is 0 Å². The van der Waals surface area contributed by atoms with Gasteiger partial charge in [-0.05, 0) is 56.3 Å². The van der Waals surface area contributed by atoms with Crippen LogP contribution in [0.25, 0.3) is 10.9 Å². The first kappa shape index (κ1) is 13.2. The first-order valence-corrected chi connectivity index (χ1v) is 6.97. The number of hydrogen-bond donors (Lipinski definition) is 1. The lowest BCUT2D eigenvalue weighted by molar-refractivity contribution is 0.698. The first-order valence-electron chi connectivity index (χ1n) is 6.97. The highest BCUT2D eigenvalue weighted by Gasteiger charge is 2.12. The SMILES string of the molecule is CCCn1cc(CCCN)c2c(C)ccc(C)c21. The Hall–Kier alpha value is -1.28. The Morgan fingerprint density at radius 2 is 1.89 bits per heavy atom. The van der Waals surface area contributed by atoms with E-state index in [0.29, 0.717) is 0 Å². The van der Waals surface area contributed by atoms with Gasteiger partial charge in [0.15, 0.2) is 0 Å². The van der Waals surface area contributed by atoms with Gasteiger partial charge in [0, 0.05) is 18.1 Å². The molecular formula is C16H24N2. The average Bonchev–Trinajstić information content (AvgIpc) is 2.72. The molecule has 2 rings (SSSR count). The third kappa shape index (κ3) is 2.30. The van der Waals surface area contributed by atoms with Gasteiger partial charge in [-0.3, -0.25) is 0 Å². The molecule has 0 amide bonds. The summed E-state index contributed by atoms with van der Waals surface area (Å²) in [6.07, 6.45) is 5.67. The topological polar surface area (TPSA) is 30.9 Å². The van der Waals surface area contributed by atoms with Gasteiger partial charge in [0.2, 0.25) is 0 Å². The molecule has 18 heavy (non-hydrogen) atoms. The standard InChI is InChI=1S/C16H24N2/c1-4-10-18-11-14(6-5-9-17)15-12(2)7-8-13(3)16(15)18/h7-8,11H,4-6,9-10,17H2,1-3H3. The quantitative estimate of drug-likeness (QED) is 0.856. The van der Waals surface area contributed by atoms with Gasteiger partial charge >= 0.3 is 0 Å². The Balaban J connectivity index is 2.60. The zero-order valence-corrected chi connectivity index (χ0v) is 11.8. The summed E-state index contributed by atoms with van der Waals surface area (Å²) >= 11 is 0. The molecule has 0 radical (unpaired) electrons. The van der Waals surface area contributed by atoms with Crippen molar-refractivity contribution in [2.75, 3.05) is 6.54 Å². The van der Waals surface area contributed by atoms with E-state index < -0.39 is 0 Å². The van der Waals surface area contributed by atoms with Crippen LogP contribution in [0.15, 0.2) is 18.3 Å². The summed E-state index contributed by atoms with van der Waals surface area (Å²) in [6, 6.07) is 4.47. The van der Waals surface area contributed by atoms with Crippen LogP contribution in [0.2, 0.25) is 0 Å². The summed E-state index contributed by atoms with van der Waals surface area (Å²) in [5, 5.41) is 1.46. The van der Waals surface area contributed by atoms with E-state index in [1.807, 2.05) is 0 Å². The van der Waals surface area contributed by atoms with Crippen molar-refractivity contribution in [2.24, 2.45) is 5.73 Å². The fourth-order valence-corrected chi connectivity index (χ4v) is 2.79. The van der Waals surface area contributed by atoms with E-state index in [9.17, 15) is 0 Å². The van der Waals surface area contributed by atoms with Crippen molar-refractivity contribution in [2.45, 2.75) is 46.6 Å². The number of hydrogen-bond acceptors (Lipinski definition) is 1. The molecule has 0 saturated heterocycles. The van der Waals surface area contributed by atoms with Gasteiger partial charge in [-0.2, -0.15) is 0 Å². The molecule has 2 nitrogen and oxygen atoms in total. The highest BCUT2D eigenvalue weighted by molar-refractivity contribution is 5.89. The molecule has 98 valence electrons. The van der Waals surface area contributed by atoms with Crippen LogP contribution in [0.3, 0.4) is 0 Å². The number of benzene rings is 1. The van der Waals surface area contributed by atoms with Crippen LogP contribution in [-0.2, 0) is 13.0 Å². The molecule has 0 aliphatic heterocycles. The van der Waals surface area contributed by atoms with Crippen molar-refractivity contribution in [1.29, 1.82) is 0 Å². The largest absolute Gasteiger partial charge is 0.347 e. The van der Waals surface area contributed by atoms with Gasteiger partial charge in [-0.15, -0.1) is 0 Å². The Bertz CT molecular complexity index is 538. The summed E-state index contributed by atoms with van der Waals surface area (Å²) in [5.74, 6) is 0. The summed E-state index contributed by atoms with van der Waals surface area (Å²) in [5.41, 5.74) is 11.3. The summed E-state index contributed by atoms with van der Waals surface area (Å²) in [7, 11) is 0. The number of rotatable bonds is 5. The van der Waals surface area contributed by atoms with Crippen molar-refractivity contribution in [3.05, 3.63) is 35.0 Å². The summed E-state index contributed by atoms with van der Waals surface area (Å²) in [6.45, 7) is 8.52. The molecule has 1 heterocycles. The zero-order chi connectivity index (χ0) is 13.1. The normalized spacial score (nSPS) is 11.3. The van der Waals surface area contributed by atoms with Crippen molar-refractivity contribution >= 4 is 10.9 Å². The second-order valence-electron chi connectivity index (χ2n) is 5.16. The molecule has 0 saturated carbocycles. The molecule has 0 aliphatic carbocycles. The minimum Gasteiger partial charge on any atom is -0.347 e. The van der Waals surface area contributed by atoms with E-state index in [-0.39, 0.29) is 0 Å². The minimum absolute atomic E-state index is 0.769. The lowest BCUT2D eigenvalue weighted by atomic mass is 10.0. The molecule has 0 bridgehead atoms. The molecule has 1 aromatic heterocycles. The number of nitrogens with zero attached hydrogens (tertiary/aromatic N) is 1. The fourth-order valence-electron chi connectivity index (χ4n) is 2.79. The van der Waals surface area contributed by atoms with Gasteiger partial charge < -0.3 is 10.3 Å². The van der Waals surface area contributed by atoms with Crippen molar-refractivity contribution < 1.29 is 0 Å². The highest BCUT2D eigenvalue weighted by atomic mass is 15.0. The summed E-state index contributed by atoms with van der Waals surface area (Å²) in [4.78, 5) is 0. The predicted molar refractivity (Wildman–Crippen MR) is 79.1 cm³/mol. The third-order valence-corrected chi connectivity index (χ3v) is 3.62. The first-order chi connectivity index (χ1) is 8.69. The van der Waals surface area contributed by atoms with Crippen LogP contribution in [0.4, 0.5) is 0 Å². The molecule has 2 aromatic rings. The number of aromatic nitrogens is 1. The van der Waals surface area contributed by atoms with E-state index in [4.69, 9.17) is 5.73 Å². The smallest absolute Gasteiger partial charge is 0.0515 e. The molecule has 0 unspecified atom stereocenters. The van der Waals surface area contributed by atoms with E-state index in [1.165, 1.54) is 34.0 Å². The third-order valence-electron chi connectivity index (χ3n) is 3.62. The van der Waals surface area contributed by atoms with Crippen molar-refractivity contribution in [3.8, 4) is 0 Å². The number of aryl methyl sites for hydroxylation is 4. The Morgan fingerprint density at radius 1 is 1.17 bits per heavy atom. The Kier molecular flexibility index (Phi) is 4.07. The Morgan fingerprint density at radius 3 is 2.56 bits per heavy atom. The lowest BCUT2D eigenvalue weighted by Crippen LogP contribution is -2.00. The van der Waals surface area contributed by atoms with Crippen LogP contribution >= 0.6 is 0 Å². The monoisotopic (exact) mass is 244 g/mol. The lowest BCUT2D eigenvalue weighted by Gasteiger charge is -2.07. The predicted octanol–water partition coefficient (Wildman–Crippen LogP) is 3.56. The van der Waals surface area contributed by atoms with E-state index in [2.05, 4.69) is 43.7 Å². The van der Waals surface area contributed by atoms with Crippen LogP contribution < -0.4 is 5.73 Å². The number of nitrogens with two attached hydrogens (primary N) is 1. The van der Waals surface area contributed by atoms with E-state index in [0.717, 1.165) is 25.9 Å². The van der Waals surface area contributed by atoms with Crippen LogP contribution in [-0.4, -0.2) is 11.1 Å². The molecule has 2 N–H and O–H groups in total. The maximum Gasteiger partial charge on any atom is 0.0515 e. The maximum absolute atomic E-state index is 5.65. The Labute approximate surface area is 110 Å². The highest BCUT2D eigenvalue weighted by Crippen LogP contribution is 2.28. The van der Waals surface area contributed by atoms with Gasteiger partial charge in [0.1, 0.15) is 0 Å². The molecule has 0 spiro atoms. The molecular weight excluding hydrogens is 220 g/mol. The summed E-state index contributed by atoms with van der Waals surface area (Å²) < 4.78 is 2.42. The average molecular weight is 244 g/mol. The minimum atomic E-state index is 0.769. The van der Waals surface area contributed by atoms with Crippen LogP contribution in [0.1, 0.15) is 36.5 Å². The van der Waals surface area contributed by atoms with E-state index in [1.54, 1.807) is 0 Å². The molecule has 2 heteroatoms. The van der Waals surface area contributed by atoms with Crippen LogP contribution in [0.5, 0.6) is 0 Å². The maximum atomic E-state index is 5.65. The fraction of sp³-hybridized carbons (Fsp3) is 0.500. The van der Waals surface area contributed by atoms with Gasteiger partial charge in [0.05, 0.1) is 5.52 Å². The van der Waals surface area contributed by atoms with Gasteiger partial charge in [-0.1, -0.05) is 19.1 Å². The van der Waals surface area contributed by atoms with E-state index >= 15 is 0 Å². The molecule has 1 aromatic carbocycles. The molecule has 0 fully saturated rings. The van der Waals surface area contributed by atoms with Crippen molar-refractivity contribution in [1.82, 2.24) is 4.57 Å². The van der Waals surface area contributed by atoms with Crippen LogP contribution in [0, 0.1) is 13.8 Å². The second-order valence-corrected chi connectivity index (χ2v) is 5.16. The molecule has 0 atom stereocenters. The molecule has 0 aliphatic rings. The zero-order valence-electron chi connectivity index (χ0n) is 11.8. The van der Waals surface area contributed by atoms with Crippen molar-refractivity contribution in [3.63, 3.8) is 0 Å². The number of fused-ring (bicyclic) bond motifs is 1.